The summed E-state index contributed by atoms with van der Waals surface area (Å²) in [4.78, 5) is 12.5. The van der Waals surface area contributed by atoms with E-state index < -0.39 is 6.10 Å². The predicted octanol–water partition coefficient (Wildman–Crippen LogP) is 2.44. The van der Waals surface area contributed by atoms with Crippen molar-refractivity contribution in [2.24, 2.45) is 5.92 Å². The molecule has 2 N–H and O–H groups in total. The molecule has 0 bridgehead atoms. The Balaban J connectivity index is 1.37. The van der Waals surface area contributed by atoms with Gasteiger partial charge in [0, 0.05) is 24.3 Å². The number of nitrogens with one attached hydrogen (secondary N) is 1. The minimum absolute atomic E-state index is 0.115. The zero-order valence-electron chi connectivity index (χ0n) is 14.8. The van der Waals surface area contributed by atoms with E-state index in [4.69, 9.17) is 4.42 Å². The first-order valence-electron chi connectivity index (χ1n) is 9.02. The normalized spacial score (nSPS) is 22.8. The Morgan fingerprint density at radius 2 is 2.19 bits per heavy atom. The number of aliphatic hydroxyl groups excluding tert-OH is 1. The molecule has 136 valence electrons. The van der Waals surface area contributed by atoms with Crippen LogP contribution in [-0.4, -0.2) is 32.9 Å². The number of amides is 1. The SMILES string of the molecule is Cc1c(CC(=O)N[C@@H]2CC(Cn3cccn3)C[C@H]2O)oc2ccccc12. The largest absolute Gasteiger partial charge is 0.460 e. The van der Waals surface area contributed by atoms with E-state index in [-0.39, 0.29) is 18.4 Å². The molecule has 2 aromatic heterocycles. The van der Waals surface area contributed by atoms with Crippen LogP contribution in [0.25, 0.3) is 11.0 Å². The van der Waals surface area contributed by atoms with E-state index in [0.717, 1.165) is 29.5 Å². The van der Waals surface area contributed by atoms with E-state index in [1.54, 1.807) is 6.20 Å². The van der Waals surface area contributed by atoms with Gasteiger partial charge in [-0.25, -0.2) is 0 Å². The van der Waals surface area contributed by atoms with Gasteiger partial charge < -0.3 is 14.8 Å². The van der Waals surface area contributed by atoms with E-state index in [9.17, 15) is 9.90 Å². The lowest BCUT2D eigenvalue weighted by Gasteiger charge is -2.16. The zero-order chi connectivity index (χ0) is 18.1. The van der Waals surface area contributed by atoms with Crippen LogP contribution in [0.5, 0.6) is 0 Å². The lowest BCUT2D eigenvalue weighted by Crippen LogP contribution is -2.40. The van der Waals surface area contributed by atoms with E-state index in [0.29, 0.717) is 18.1 Å². The third-order valence-corrected chi connectivity index (χ3v) is 5.24. The molecule has 3 aromatic rings. The second-order valence-corrected chi connectivity index (χ2v) is 7.13. The summed E-state index contributed by atoms with van der Waals surface area (Å²) >= 11 is 0. The first-order chi connectivity index (χ1) is 12.6. The average molecular weight is 353 g/mol. The maximum Gasteiger partial charge on any atom is 0.227 e. The number of benzene rings is 1. The van der Waals surface area contributed by atoms with Crippen molar-refractivity contribution in [3.8, 4) is 0 Å². The number of fused-ring (bicyclic) bond motifs is 1. The third kappa shape index (κ3) is 3.37. The molecule has 1 unspecified atom stereocenters. The molecule has 1 aliphatic rings. The van der Waals surface area contributed by atoms with Crippen molar-refractivity contribution in [3.63, 3.8) is 0 Å². The molecule has 6 heteroatoms. The van der Waals surface area contributed by atoms with Crippen LogP contribution in [0.3, 0.4) is 0 Å². The molecule has 6 nitrogen and oxygen atoms in total. The van der Waals surface area contributed by atoms with E-state index in [1.807, 2.05) is 48.1 Å². The Kier molecular flexibility index (Phi) is 4.51. The Morgan fingerprint density at radius 3 is 2.96 bits per heavy atom. The number of para-hydroxylation sites is 1. The molecule has 1 aliphatic carbocycles. The number of aliphatic hydroxyl groups is 1. The van der Waals surface area contributed by atoms with Crippen molar-refractivity contribution in [3.05, 3.63) is 54.0 Å². The van der Waals surface area contributed by atoms with Gasteiger partial charge in [-0.1, -0.05) is 18.2 Å². The lowest BCUT2D eigenvalue weighted by molar-refractivity contribution is -0.122. The molecule has 0 spiro atoms. The minimum atomic E-state index is -0.517. The van der Waals surface area contributed by atoms with Gasteiger partial charge in [0.1, 0.15) is 11.3 Å². The minimum Gasteiger partial charge on any atom is -0.460 e. The highest BCUT2D eigenvalue weighted by molar-refractivity contribution is 5.85. The molecule has 26 heavy (non-hydrogen) atoms. The number of rotatable bonds is 5. The van der Waals surface area contributed by atoms with Crippen LogP contribution >= 0.6 is 0 Å². The second kappa shape index (κ2) is 6.96. The molecule has 0 radical (unpaired) electrons. The Hall–Kier alpha value is -2.60. The summed E-state index contributed by atoms with van der Waals surface area (Å²) in [5, 5.41) is 18.5. The molecule has 1 amide bonds. The van der Waals surface area contributed by atoms with Gasteiger partial charge in [-0.2, -0.15) is 5.10 Å². The molecule has 3 atom stereocenters. The fraction of sp³-hybridized carbons (Fsp3) is 0.400. The number of hydrogen-bond acceptors (Lipinski definition) is 4. The molecule has 0 aliphatic heterocycles. The van der Waals surface area contributed by atoms with Crippen LogP contribution in [-0.2, 0) is 17.8 Å². The van der Waals surface area contributed by atoms with Gasteiger partial charge in [0.05, 0.1) is 18.6 Å². The number of carbonyl (C=O) groups is 1. The fourth-order valence-corrected chi connectivity index (χ4v) is 3.89. The summed E-state index contributed by atoms with van der Waals surface area (Å²) in [6.45, 7) is 2.73. The van der Waals surface area contributed by atoms with Gasteiger partial charge in [-0.05, 0) is 43.4 Å². The first kappa shape index (κ1) is 16.8. The quantitative estimate of drug-likeness (QED) is 0.738. The summed E-state index contributed by atoms with van der Waals surface area (Å²) < 4.78 is 7.69. The second-order valence-electron chi connectivity index (χ2n) is 7.13. The number of nitrogens with zero attached hydrogens (tertiary/aromatic N) is 2. The molecule has 2 heterocycles. The average Bonchev–Trinajstić information content (AvgIpc) is 3.31. The highest BCUT2D eigenvalue weighted by Gasteiger charge is 2.34. The molecule has 1 aromatic carbocycles. The summed E-state index contributed by atoms with van der Waals surface area (Å²) in [5.74, 6) is 0.878. The smallest absolute Gasteiger partial charge is 0.227 e. The van der Waals surface area contributed by atoms with Crippen LogP contribution in [0.4, 0.5) is 0 Å². The molecular formula is C20H23N3O3. The van der Waals surface area contributed by atoms with Crippen molar-refractivity contribution in [2.75, 3.05) is 0 Å². The maximum absolute atomic E-state index is 12.5. The highest BCUT2D eigenvalue weighted by Crippen LogP contribution is 2.28. The molecular weight excluding hydrogens is 330 g/mol. The van der Waals surface area contributed by atoms with Crippen molar-refractivity contribution < 1.29 is 14.3 Å². The van der Waals surface area contributed by atoms with Crippen LogP contribution in [0.2, 0.25) is 0 Å². The van der Waals surface area contributed by atoms with Crippen molar-refractivity contribution in [2.45, 2.75) is 44.9 Å². The van der Waals surface area contributed by atoms with Crippen LogP contribution in [0.1, 0.15) is 24.2 Å². The van der Waals surface area contributed by atoms with E-state index in [2.05, 4.69) is 10.4 Å². The van der Waals surface area contributed by atoms with E-state index >= 15 is 0 Å². The van der Waals surface area contributed by atoms with Gasteiger partial charge in [-0.15, -0.1) is 0 Å². The maximum atomic E-state index is 12.5. The standard InChI is InChI=1S/C20H23N3O3/c1-13-15-5-2-3-6-18(15)26-19(13)11-20(25)22-16-9-14(10-17(16)24)12-23-8-4-7-21-23/h2-8,14,16-17,24H,9-12H2,1H3,(H,22,25)/t14?,16-,17-/m1/s1. The van der Waals surface area contributed by atoms with Crippen LogP contribution in [0, 0.1) is 12.8 Å². The predicted molar refractivity (Wildman–Crippen MR) is 97.5 cm³/mol. The third-order valence-electron chi connectivity index (χ3n) is 5.24. The number of furan rings is 1. The number of hydrogen-bond donors (Lipinski definition) is 2. The van der Waals surface area contributed by atoms with Gasteiger partial charge in [0.15, 0.2) is 0 Å². The Bertz CT molecular complexity index is 900. The fourth-order valence-electron chi connectivity index (χ4n) is 3.89. The zero-order valence-corrected chi connectivity index (χ0v) is 14.8. The van der Waals surface area contributed by atoms with Crippen LogP contribution in [0.15, 0.2) is 47.1 Å². The molecule has 1 saturated carbocycles. The number of aromatic nitrogens is 2. The summed E-state index contributed by atoms with van der Waals surface area (Å²) in [5.41, 5.74) is 1.80. The van der Waals surface area contributed by atoms with Gasteiger partial charge in [0.25, 0.3) is 0 Å². The monoisotopic (exact) mass is 353 g/mol. The highest BCUT2D eigenvalue weighted by atomic mass is 16.3. The molecule has 0 saturated heterocycles. The first-order valence-corrected chi connectivity index (χ1v) is 9.02. The van der Waals surface area contributed by atoms with Gasteiger partial charge >= 0.3 is 0 Å². The number of aryl methyl sites for hydroxylation is 1. The molecule has 4 rings (SSSR count). The topological polar surface area (TPSA) is 80.3 Å². The Morgan fingerprint density at radius 1 is 1.35 bits per heavy atom. The van der Waals surface area contributed by atoms with Gasteiger partial charge in [0.2, 0.25) is 5.91 Å². The summed E-state index contributed by atoms with van der Waals surface area (Å²) in [7, 11) is 0. The van der Waals surface area contributed by atoms with E-state index in [1.165, 1.54) is 0 Å². The van der Waals surface area contributed by atoms with Crippen molar-refractivity contribution >= 4 is 16.9 Å². The Labute approximate surface area is 151 Å². The van der Waals surface area contributed by atoms with Crippen molar-refractivity contribution in [1.29, 1.82) is 0 Å². The lowest BCUT2D eigenvalue weighted by atomic mass is 10.1. The molecule has 1 fully saturated rings. The summed E-state index contributed by atoms with van der Waals surface area (Å²) in [6, 6.07) is 9.46. The van der Waals surface area contributed by atoms with Crippen LogP contribution < -0.4 is 5.32 Å². The summed E-state index contributed by atoms with van der Waals surface area (Å²) in [6.07, 6.45) is 4.77. The van der Waals surface area contributed by atoms with Gasteiger partial charge in [-0.3, -0.25) is 9.48 Å². The van der Waals surface area contributed by atoms with Crippen molar-refractivity contribution in [1.82, 2.24) is 15.1 Å². The number of carbonyl (C=O) groups excluding carboxylic acids is 1.